The molecule has 1 atom stereocenters. The fourth-order valence-corrected chi connectivity index (χ4v) is 1.38. The van der Waals surface area contributed by atoms with Gasteiger partial charge in [0, 0.05) is 12.6 Å². The Bertz CT molecular complexity index is 348. The summed E-state index contributed by atoms with van der Waals surface area (Å²) in [6.07, 6.45) is 0. The number of hydrogen-bond acceptors (Lipinski definition) is 5. The zero-order valence-electron chi connectivity index (χ0n) is 8.25. The molecule has 0 bridgehead atoms. The summed E-state index contributed by atoms with van der Waals surface area (Å²) in [6, 6.07) is 1.48. The van der Waals surface area contributed by atoms with E-state index in [1.54, 1.807) is 6.07 Å². The molecule has 0 aromatic heterocycles. The van der Waals surface area contributed by atoms with Crippen LogP contribution in [0, 0.1) is 6.92 Å². The molecule has 5 heteroatoms. The van der Waals surface area contributed by atoms with E-state index in [9.17, 15) is 0 Å². The Morgan fingerprint density at radius 1 is 1.21 bits per heavy atom. The standard InChI is InChI=1S/C9H17N5/c1-4-5(7(12)3-10)2-6(11)9(14)8(4)13/h2,7H,3,10-14H2,1H3. The van der Waals surface area contributed by atoms with Gasteiger partial charge in [-0.15, -0.1) is 0 Å². The monoisotopic (exact) mass is 195 g/mol. The third-order valence-electron chi connectivity index (χ3n) is 2.40. The third kappa shape index (κ3) is 1.59. The van der Waals surface area contributed by atoms with Crippen molar-refractivity contribution in [2.45, 2.75) is 13.0 Å². The van der Waals surface area contributed by atoms with Crippen LogP contribution >= 0.6 is 0 Å². The topological polar surface area (TPSA) is 130 Å². The van der Waals surface area contributed by atoms with Crippen molar-refractivity contribution in [3.8, 4) is 0 Å². The molecule has 5 nitrogen and oxygen atoms in total. The zero-order chi connectivity index (χ0) is 10.9. The molecular weight excluding hydrogens is 178 g/mol. The average molecular weight is 195 g/mol. The summed E-state index contributed by atoms with van der Waals surface area (Å²) in [7, 11) is 0. The van der Waals surface area contributed by atoms with Crippen LogP contribution in [0.3, 0.4) is 0 Å². The minimum absolute atomic E-state index is 0.250. The number of anilines is 3. The van der Waals surface area contributed by atoms with E-state index in [1.165, 1.54) is 0 Å². The molecule has 1 aromatic carbocycles. The highest BCUT2D eigenvalue weighted by Gasteiger charge is 2.13. The minimum Gasteiger partial charge on any atom is -0.397 e. The van der Waals surface area contributed by atoms with Crippen molar-refractivity contribution >= 4 is 17.1 Å². The molecule has 14 heavy (non-hydrogen) atoms. The molecule has 1 aromatic rings. The van der Waals surface area contributed by atoms with Crippen LogP contribution in [0.25, 0.3) is 0 Å². The van der Waals surface area contributed by atoms with E-state index in [4.69, 9.17) is 28.7 Å². The Morgan fingerprint density at radius 2 is 1.79 bits per heavy atom. The van der Waals surface area contributed by atoms with Crippen LogP contribution in [0.15, 0.2) is 6.07 Å². The van der Waals surface area contributed by atoms with E-state index in [1.807, 2.05) is 6.92 Å². The third-order valence-corrected chi connectivity index (χ3v) is 2.40. The Labute approximate surface area is 83.2 Å². The molecular formula is C9H17N5. The molecule has 10 N–H and O–H groups in total. The average Bonchev–Trinajstić information content (AvgIpc) is 2.19. The summed E-state index contributed by atoms with van der Waals surface area (Å²) in [5, 5.41) is 0. The van der Waals surface area contributed by atoms with E-state index in [2.05, 4.69) is 0 Å². The number of hydrogen-bond donors (Lipinski definition) is 5. The summed E-state index contributed by atoms with van der Waals surface area (Å²) in [4.78, 5) is 0. The Morgan fingerprint density at radius 3 is 2.29 bits per heavy atom. The molecule has 1 rings (SSSR count). The fourth-order valence-electron chi connectivity index (χ4n) is 1.38. The number of benzene rings is 1. The summed E-state index contributed by atoms with van der Waals surface area (Å²) in [5.74, 6) is 0. The van der Waals surface area contributed by atoms with Gasteiger partial charge < -0.3 is 28.7 Å². The molecule has 0 saturated carbocycles. The molecule has 0 fully saturated rings. The first-order valence-corrected chi connectivity index (χ1v) is 4.38. The molecule has 0 saturated heterocycles. The van der Waals surface area contributed by atoms with Crippen LogP contribution in [0.2, 0.25) is 0 Å². The van der Waals surface area contributed by atoms with Crippen LogP contribution in [0.4, 0.5) is 17.1 Å². The highest BCUT2D eigenvalue weighted by atomic mass is 14.8. The summed E-state index contributed by atoms with van der Waals surface area (Å²) >= 11 is 0. The van der Waals surface area contributed by atoms with Crippen LogP contribution in [0.1, 0.15) is 17.2 Å². The second-order valence-electron chi connectivity index (χ2n) is 3.35. The van der Waals surface area contributed by atoms with Gasteiger partial charge in [-0.3, -0.25) is 0 Å². The van der Waals surface area contributed by atoms with Gasteiger partial charge in [-0.2, -0.15) is 0 Å². The normalized spacial score (nSPS) is 12.8. The van der Waals surface area contributed by atoms with Crippen LogP contribution in [-0.4, -0.2) is 6.54 Å². The van der Waals surface area contributed by atoms with E-state index < -0.39 is 0 Å². The van der Waals surface area contributed by atoms with Crippen molar-refractivity contribution in [1.82, 2.24) is 0 Å². The molecule has 0 aliphatic carbocycles. The van der Waals surface area contributed by atoms with Crippen LogP contribution < -0.4 is 28.7 Å². The lowest BCUT2D eigenvalue weighted by atomic mass is 9.98. The lowest BCUT2D eigenvalue weighted by Crippen LogP contribution is -2.22. The Kier molecular flexibility index (Phi) is 2.83. The van der Waals surface area contributed by atoms with E-state index in [-0.39, 0.29) is 6.04 Å². The molecule has 1 unspecified atom stereocenters. The predicted octanol–water partition coefficient (Wildman–Crippen LogP) is -0.300. The fraction of sp³-hybridized carbons (Fsp3) is 0.333. The van der Waals surface area contributed by atoms with Crippen molar-refractivity contribution in [1.29, 1.82) is 0 Å². The lowest BCUT2D eigenvalue weighted by molar-refractivity contribution is 0.733. The first-order valence-electron chi connectivity index (χ1n) is 4.38. The summed E-state index contributed by atoms with van der Waals surface area (Å²) in [6.45, 7) is 2.21. The molecule has 78 valence electrons. The molecule has 0 radical (unpaired) electrons. The minimum atomic E-state index is -0.250. The Balaban J connectivity index is 3.33. The van der Waals surface area contributed by atoms with Gasteiger partial charge in [-0.1, -0.05) is 0 Å². The lowest BCUT2D eigenvalue weighted by Gasteiger charge is -2.17. The maximum absolute atomic E-state index is 5.81. The predicted molar refractivity (Wildman–Crippen MR) is 60.4 cm³/mol. The van der Waals surface area contributed by atoms with Gasteiger partial charge >= 0.3 is 0 Å². The zero-order valence-corrected chi connectivity index (χ0v) is 8.25. The van der Waals surface area contributed by atoms with Gasteiger partial charge in [0.15, 0.2) is 0 Å². The number of nitrogen functional groups attached to an aromatic ring is 3. The van der Waals surface area contributed by atoms with Gasteiger partial charge in [0.05, 0.1) is 17.1 Å². The van der Waals surface area contributed by atoms with E-state index >= 15 is 0 Å². The maximum atomic E-state index is 5.81. The molecule has 0 amide bonds. The highest BCUT2D eigenvalue weighted by molar-refractivity contribution is 5.81. The first-order chi connectivity index (χ1) is 6.49. The summed E-state index contributed by atoms with van der Waals surface area (Å²) < 4.78 is 0. The van der Waals surface area contributed by atoms with Crippen molar-refractivity contribution in [2.75, 3.05) is 23.7 Å². The molecule has 0 aliphatic heterocycles. The second-order valence-corrected chi connectivity index (χ2v) is 3.35. The van der Waals surface area contributed by atoms with Gasteiger partial charge in [-0.25, -0.2) is 0 Å². The van der Waals surface area contributed by atoms with Gasteiger partial charge in [0.2, 0.25) is 0 Å². The molecule has 0 aliphatic rings. The summed E-state index contributed by atoms with van der Waals surface area (Å²) in [5.41, 5.74) is 31.5. The SMILES string of the molecule is Cc1c(C(N)CN)cc(N)c(N)c1N. The van der Waals surface area contributed by atoms with Crippen LogP contribution in [0.5, 0.6) is 0 Å². The van der Waals surface area contributed by atoms with Gasteiger partial charge in [-0.05, 0) is 24.1 Å². The highest BCUT2D eigenvalue weighted by Crippen LogP contribution is 2.31. The van der Waals surface area contributed by atoms with Crippen molar-refractivity contribution in [3.05, 3.63) is 17.2 Å². The van der Waals surface area contributed by atoms with Crippen molar-refractivity contribution in [3.63, 3.8) is 0 Å². The number of nitrogens with two attached hydrogens (primary N) is 5. The van der Waals surface area contributed by atoms with Gasteiger partial charge in [0.25, 0.3) is 0 Å². The Hall–Kier alpha value is -1.46. The smallest absolute Gasteiger partial charge is 0.0784 e. The largest absolute Gasteiger partial charge is 0.397 e. The van der Waals surface area contributed by atoms with Crippen LogP contribution in [-0.2, 0) is 0 Å². The van der Waals surface area contributed by atoms with Crippen molar-refractivity contribution in [2.24, 2.45) is 11.5 Å². The maximum Gasteiger partial charge on any atom is 0.0784 e. The molecule has 0 heterocycles. The van der Waals surface area contributed by atoms with Crippen molar-refractivity contribution < 1.29 is 0 Å². The quantitative estimate of drug-likeness (QED) is 0.413. The van der Waals surface area contributed by atoms with E-state index in [0.29, 0.717) is 23.6 Å². The molecule has 0 spiro atoms. The number of rotatable bonds is 2. The van der Waals surface area contributed by atoms with Gasteiger partial charge in [0.1, 0.15) is 0 Å². The second kappa shape index (κ2) is 3.73. The first kappa shape index (κ1) is 10.6. The van der Waals surface area contributed by atoms with E-state index in [0.717, 1.165) is 11.1 Å².